The van der Waals surface area contributed by atoms with E-state index in [2.05, 4.69) is 10.3 Å². The number of carbonyl (C=O) groups excluding carboxylic acids is 1. The van der Waals surface area contributed by atoms with Crippen LogP contribution in [-0.4, -0.2) is 38.2 Å². The fourth-order valence-corrected chi connectivity index (χ4v) is 2.48. The first kappa shape index (κ1) is 20.3. The number of likely N-dealkylation sites (N-methyl/N-ethyl adjacent to an activating group) is 1. The summed E-state index contributed by atoms with van der Waals surface area (Å²) in [5, 5.41) is 2.69. The summed E-state index contributed by atoms with van der Waals surface area (Å²) in [5.74, 6) is 0.796. The van der Waals surface area contributed by atoms with Crippen LogP contribution in [0.3, 0.4) is 0 Å². The average molecular weight is 399 g/mol. The van der Waals surface area contributed by atoms with Crippen LogP contribution >= 0.6 is 0 Å². The van der Waals surface area contributed by atoms with Gasteiger partial charge in [-0.2, -0.15) is 0 Å². The Morgan fingerprint density at radius 2 is 1.97 bits per heavy atom. The van der Waals surface area contributed by atoms with E-state index in [9.17, 15) is 9.18 Å². The van der Waals surface area contributed by atoms with Gasteiger partial charge in [-0.25, -0.2) is 9.37 Å². The van der Waals surface area contributed by atoms with Gasteiger partial charge in [-0.15, -0.1) is 0 Å². The zero-order chi connectivity index (χ0) is 20.6. The number of nitrogens with zero attached hydrogens (tertiary/aromatic N) is 2. The molecule has 1 aromatic carbocycles. The summed E-state index contributed by atoms with van der Waals surface area (Å²) in [7, 11) is 3.59. The summed E-state index contributed by atoms with van der Waals surface area (Å²) in [6.07, 6.45) is 1.68. The Morgan fingerprint density at radius 3 is 2.66 bits per heavy atom. The molecule has 8 heteroatoms. The number of hydrogen-bond acceptors (Lipinski definition) is 6. The fourth-order valence-electron chi connectivity index (χ4n) is 2.48. The van der Waals surface area contributed by atoms with Crippen LogP contribution in [0, 0.1) is 5.82 Å². The molecule has 3 rings (SSSR count). The molecular weight excluding hydrogens is 377 g/mol. The minimum Gasteiger partial charge on any atom is -0.486 e. The molecule has 0 atom stereocenters. The lowest BCUT2D eigenvalue weighted by Crippen LogP contribution is -2.22. The molecule has 0 fully saturated rings. The molecule has 2 aromatic heterocycles. The summed E-state index contributed by atoms with van der Waals surface area (Å²) in [4.78, 5) is 18.6. The number of halogens is 1. The van der Waals surface area contributed by atoms with E-state index in [1.54, 1.807) is 31.5 Å². The Labute approximate surface area is 168 Å². The van der Waals surface area contributed by atoms with E-state index in [0.29, 0.717) is 23.9 Å². The van der Waals surface area contributed by atoms with Gasteiger partial charge in [0, 0.05) is 20.7 Å². The number of aromatic nitrogens is 1. The highest BCUT2D eigenvalue weighted by molar-refractivity contribution is 6.01. The summed E-state index contributed by atoms with van der Waals surface area (Å²) in [5.41, 5.74) is 0.915. The molecule has 1 N–H and O–H groups in total. The first-order valence-electron chi connectivity index (χ1n) is 8.99. The van der Waals surface area contributed by atoms with Gasteiger partial charge in [-0.3, -0.25) is 4.79 Å². The molecule has 1 amide bonds. The highest BCUT2D eigenvalue weighted by Crippen LogP contribution is 2.17. The van der Waals surface area contributed by atoms with Crippen LogP contribution < -0.4 is 15.0 Å². The van der Waals surface area contributed by atoms with E-state index < -0.39 is 5.91 Å². The third-order valence-electron chi connectivity index (χ3n) is 4.14. The van der Waals surface area contributed by atoms with Gasteiger partial charge in [-0.05, 0) is 48.5 Å². The van der Waals surface area contributed by atoms with Crippen molar-refractivity contribution in [2.24, 2.45) is 0 Å². The highest BCUT2D eigenvalue weighted by Gasteiger charge is 2.13. The third-order valence-corrected chi connectivity index (χ3v) is 4.14. The number of carbonyl (C=O) groups is 1. The van der Waals surface area contributed by atoms with E-state index in [0.717, 1.165) is 12.2 Å². The zero-order valence-corrected chi connectivity index (χ0v) is 16.2. The summed E-state index contributed by atoms with van der Waals surface area (Å²) < 4.78 is 29.0. The van der Waals surface area contributed by atoms with Gasteiger partial charge in [0.05, 0.1) is 18.5 Å². The second-order valence-corrected chi connectivity index (χ2v) is 6.28. The molecule has 29 heavy (non-hydrogen) atoms. The van der Waals surface area contributed by atoms with Gasteiger partial charge in [0.25, 0.3) is 5.91 Å². The SMILES string of the molecule is COCCN(C)c1ccc(NC(=O)c2ccc(COc3ccc(F)cc3)o2)nc1. The van der Waals surface area contributed by atoms with Crippen LogP contribution in [0.5, 0.6) is 5.75 Å². The normalized spacial score (nSPS) is 10.6. The van der Waals surface area contributed by atoms with Gasteiger partial charge in [-0.1, -0.05) is 0 Å². The van der Waals surface area contributed by atoms with E-state index in [-0.39, 0.29) is 18.2 Å². The number of rotatable bonds is 9. The lowest BCUT2D eigenvalue weighted by Gasteiger charge is -2.18. The van der Waals surface area contributed by atoms with Gasteiger partial charge in [0.1, 0.15) is 29.8 Å². The zero-order valence-electron chi connectivity index (χ0n) is 16.2. The Morgan fingerprint density at radius 1 is 1.17 bits per heavy atom. The topological polar surface area (TPSA) is 76.8 Å². The number of ether oxygens (including phenoxy) is 2. The van der Waals surface area contributed by atoms with Crippen LogP contribution in [-0.2, 0) is 11.3 Å². The summed E-state index contributed by atoms with van der Waals surface area (Å²) in [6, 6.07) is 12.5. The van der Waals surface area contributed by atoms with Gasteiger partial charge in [0.2, 0.25) is 0 Å². The molecule has 0 saturated heterocycles. The molecule has 0 aliphatic heterocycles. The van der Waals surface area contributed by atoms with E-state index >= 15 is 0 Å². The minimum absolute atomic E-state index is 0.125. The molecule has 0 aliphatic carbocycles. The molecule has 0 radical (unpaired) electrons. The maximum atomic E-state index is 12.9. The van der Waals surface area contributed by atoms with Gasteiger partial charge >= 0.3 is 0 Å². The number of furan rings is 1. The number of hydrogen-bond donors (Lipinski definition) is 1. The van der Waals surface area contributed by atoms with Crippen molar-refractivity contribution >= 4 is 17.4 Å². The number of benzene rings is 1. The number of nitrogens with one attached hydrogen (secondary N) is 1. The number of anilines is 2. The molecule has 152 valence electrons. The Balaban J connectivity index is 1.53. The minimum atomic E-state index is -0.411. The van der Waals surface area contributed by atoms with Crippen molar-refractivity contribution in [3.8, 4) is 5.75 Å². The van der Waals surface area contributed by atoms with Crippen molar-refractivity contribution in [3.63, 3.8) is 0 Å². The fraction of sp³-hybridized carbons (Fsp3) is 0.238. The predicted octanol–water partition coefficient (Wildman–Crippen LogP) is 3.73. The Kier molecular flexibility index (Phi) is 6.80. The molecule has 0 unspecified atom stereocenters. The molecular formula is C21H22FN3O4. The standard InChI is InChI=1S/C21H22FN3O4/c1-25(11-12-27-2)16-5-10-20(23-13-16)24-21(26)19-9-8-18(29-19)14-28-17-6-3-15(22)4-7-17/h3-10,13H,11-12,14H2,1-2H3,(H,23,24,26). The van der Waals surface area contributed by atoms with Crippen molar-refractivity contribution in [2.75, 3.05) is 37.5 Å². The maximum absolute atomic E-state index is 12.9. The second-order valence-electron chi connectivity index (χ2n) is 6.28. The molecule has 0 aliphatic rings. The first-order chi connectivity index (χ1) is 14.0. The van der Waals surface area contributed by atoms with Crippen molar-refractivity contribution in [1.29, 1.82) is 0 Å². The van der Waals surface area contributed by atoms with Crippen molar-refractivity contribution in [2.45, 2.75) is 6.61 Å². The highest BCUT2D eigenvalue weighted by atomic mass is 19.1. The second kappa shape index (κ2) is 9.70. The van der Waals surface area contributed by atoms with Gasteiger partial charge in [0.15, 0.2) is 5.76 Å². The molecule has 2 heterocycles. The van der Waals surface area contributed by atoms with E-state index in [1.807, 2.05) is 18.0 Å². The van der Waals surface area contributed by atoms with Crippen LogP contribution in [0.15, 0.2) is 59.1 Å². The summed E-state index contributed by atoms with van der Waals surface area (Å²) in [6.45, 7) is 1.47. The smallest absolute Gasteiger partial charge is 0.292 e. The number of pyridine rings is 1. The molecule has 0 spiro atoms. The largest absolute Gasteiger partial charge is 0.486 e. The Bertz CT molecular complexity index is 926. The first-order valence-corrected chi connectivity index (χ1v) is 8.99. The van der Waals surface area contributed by atoms with Crippen LogP contribution in [0.2, 0.25) is 0 Å². The number of amides is 1. The Hall–Kier alpha value is -3.39. The lowest BCUT2D eigenvalue weighted by molar-refractivity contribution is 0.0992. The van der Waals surface area contributed by atoms with E-state index in [1.165, 1.54) is 24.3 Å². The van der Waals surface area contributed by atoms with Crippen molar-refractivity contribution in [1.82, 2.24) is 4.98 Å². The number of methoxy groups -OCH3 is 1. The molecule has 0 saturated carbocycles. The summed E-state index contributed by atoms with van der Waals surface area (Å²) >= 11 is 0. The van der Waals surface area contributed by atoms with E-state index in [4.69, 9.17) is 13.9 Å². The molecule has 7 nitrogen and oxygen atoms in total. The maximum Gasteiger partial charge on any atom is 0.292 e. The van der Waals surface area contributed by atoms with Gasteiger partial charge < -0.3 is 24.1 Å². The lowest BCUT2D eigenvalue weighted by atomic mass is 10.3. The average Bonchev–Trinajstić information content (AvgIpc) is 3.21. The van der Waals surface area contributed by atoms with Crippen LogP contribution in [0.25, 0.3) is 0 Å². The van der Waals surface area contributed by atoms with Crippen molar-refractivity contribution in [3.05, 3.63) is 72.1 Å². The predicted molar refractivity (Wildman–Crippen MR) is 107 cm³/mol. The third kappa shape index (κ3) is 5.79. The van der Waals surface area contributed by atoms with Crippen LogP contribution in [0.4, 0.5) is 15.9 Å². The van der Waals surface area contributed by atoms with Crippen LogP contribution in [0.1, 0.15) is 16.3 Å². The van der Waals surface area contributed by atoms with Crippen molar-refractivity contribution < 1.29 is 23.1 Å². The monoisotopic (exact) mass is 399 g/mol. The quantitative estimate of drug-likeness (QED) is 0.591. The molecule has 0 bridgehead atoms. The molecule has 3 aromatic rings.